The Bertz CT molecular complexity index is 466. The summed E-state index contributed by atoms with van der Waals surface area (Å²) < 4.78 is 31.6. The highest BCUT2D eigenvalue weighted by molar-refractivity contribution is 5.66. The minimum absolute atomic E-state index is 0.0213. The predicted molar refractivity (Wildman–Crippen MR) is 51.8 cm³/mol. The van der Waals surface area contributed by atoms with Crippen LogP contribution in [0.25, 0.3) is 0 Å². The zero-order valence-electron chi connectivity index (χ0n) is 8.48. The Morgan fingerprint density at radius 3 is 2.82 bits per heavy atom. The number of rotatable bonds is 1. The standard InChI is InChI=1S/C10H9F2NO4/c11-4-1-2-6-7(8(4)12)9(13-10(15)16)5(14)3-17-6/h1-2,5,9,13-14H,3H2,(H,15,16)/t5-,9-/m0/s1. The molecule has 0 unspecified atom stereocenters. The summed E-state index contributed by atoms with van der Waals surface area (Å²) in [6, 6.07) is 0.826. The zero-order chi connectivity index (χ0) is 12.6. The molecular weight excluding hydrogens is 236 g/mol. The lowest BCUT2D eigenvalue weighted by Gasteiger charge is -2.30. The van der Waals surface area contributed by atoms with Crippen LogP contribution >= 0.6 is 0 Å². The maximum absolute atomic E-state index is 13.6. The van der Waals surface area contributed by atoms with Crippen molar-refractivity contribution in [2.24, 2.45) is 0 Å². The van der Waals surface area contributed by atoms with Gasteiger partial charge in [0.15, 0.2) is 11.6 Å². The summed E-state index contributed by atoms with van der Waals surface area (Å²) in [5.74, 6) is -2.33. The molecule has 1 aromatic rings. The van der Waals surface area contributed by atoms with Gasteiger partial charge in [0.05, 0.1) is 11.6 Å². The summed E-state index contributed by atoms with van der Waals surface area (Å²) in [6.07, 6.45) is -2.71. The van der Waals surface area contributed by atoms with Crippen LogP contribution in [0.5, 0.6) is 5.75 Å². The fraction of sp³-hybridized carbons (Fsp3) is 0.300. The van der Waals surface area contributed by atoms with Crippen molar-refractivity contribution in [3.05, 3.63) is 29.3 Å². The van der Waals surface area contributed by atoms with Gasteiger partial charge in [-0.05, 0) is 12.1 Å². The van der Waals surface area contributed by atoms with E-state index < -0.39 is 29.9 Å². The van der Waals surface area contributed by atoms with E-state index in [1.54, 1.807) is 0 Å². The minimum Gasteiger partial charge on any atom is -0.490 e. The molecule has 0 saturated carbocycles. The predicted octanol–water partition coefficient (Wildman–Crippen LogP) is 1.03. The molecule has 1 amide bonds. The number of benzene rings is 1. The number of nitrogens with one attached hydrogen (secondary N) is 1. The van der Waals surface area contributed by atoms with Crippen LogP contribution in [0.3, 0.4) is 0 Å². The second-order valence-electron chi connectivity index (χ2n) is 3.58. The van der Waals surface area contributed by atoms with Crippen LogP contribution in [0.2, 0.25) is 0 Å². The third-order valence-electron chi connectivity index (χ3n) is 2.48. The third kappa shape index (κ3) is 2.01. The highest BCUT2D eigenvalue weighted by Crippen LogP contribution is 2.35. The normalized spacial score (nSPS) is 22.5. The van der Waals surface area contributed by atoms with Crippen LogP contribution in [0.4, 0.5) is 13.6 Å². The van der Waals surface area contributed by atoms with E-state index in [1.807, 2.05) is 5.32 Å². The van der Waals surface area contributed by atoms with E-state index in [2.05, 4.69) is 0 Å². The molecule has 0 radical (unpaired) electrons. The number of aliphatic hydroxyl groups excluding tert-OH is 1. The number of amides is 1. The van der Waals surface area contributed by atoms with Gasteiger partial charge in [0.25, 0.3) is 0 Å². The van der Waals surface area contributed by atoms with Crippen molar-refractivity contribution in [1.29, 1.82) is 0 Å². The largest absolute Gasteiger partial charge is 0.490 e. The van der Waals surface area contributed by atoms with Crippen LogP contribution in [-0.2, 0) is 0 Å². The first kappa shape index (κ1) is 11.6. The highest BCUT2D eigenvalue weighted by atomic mass is 19.2. The van der Waals surface area contributed by atoms with Gasteiger partial charge in [0, 0.05) is 0 Å². The molecule has 1 aliphatic rings. The van der Waals surface area contributed by atoms with Crippen LogP contribution in [-0.4, -0.2) is 29.0 Å². The van der Waals surface area contributed by atoms with E-state index in [1.165, 1.54) is 6.07 Å². The summed E-state index contributed by atoms with van der Waals surface area (Å²) in [4.78, 5) is 10.5. The van der Waals surface area contributed by atoms with E-state index in [4.69, 9.17) is 9.84 Å². The topological polar surface area (TPSA) is 78.8 Å². The first-order valence-electron chi connectivity index (χ1n) is 4.79. The molecule has 5 nitrogen and oxygen atoms in total. The summed E-state index contributed by atoms with van der Waals surface area (Å²) in [7, 11) is 0. The smallest absolute Gasteiger partial charge is 0.405 e. The molecule has 0 fully saturated rings. The van der Waals surface area contributed by atoms with Crippen molar-refractivity contribution in [2.45, 2.75) is 12.1 Å². The summed E-state index contributed by atoms with van der Waals surface area (Å²) in [5, 5.41) is 20.1. The van der Waals surface area contributed by atoms with Gasteiger partial charge in [-0.15, -0.1) is 0 Å². The second kappa shape index (κ2) is 4.17. The molecule has 0 aliphatic carbocycles. The van der Waals surface area contributed by atoms with Gasteiger partial charge in [-0.1, -0.05) is 0 Å². The molecule has 0 aromatic heterocycles. The lowest BCUT2D eigenvalue weighted by molar-refractivity contribution is 0.0524. The van der Waals surface area contributed by atoms with Crippen molar-refractivity contribution in [3.8, 4) is 5.75 Å². The lowest BCUT2D eigenvalue weighted by atomic mass is 9.97. The summed E-state index contributed by atoms with van der Waals surface area (Å²) in [5.41, 5.74) is -0.314. The fourth-order valence-electron chi connectivity index (χ4n) is 1.73. The van der Waals surface area contributed by atoms with Crippen molar-refractivity contribution in [3.63, 3.8) is 0 Å². The molecule has 0 saturated heterocycles. The Balaban J connectivity index is 2.49. The first-order chi connectivity index (χ1) is 8.00. The number of hydrogen-bond acceptors (Lipinski definition) is 3. The van der Waals surface area contributed by atoms with Crippen LogP contribution in [0.15, 0.2) is 12.1 Å². The second-order valence-corrected chi connectivity index (χ2v) is 3.58. The number of aliphatic hydroxyl groups is 1. The monoisotopic (exact) mass is 245 g/mol. The molecule has 0 bridgehead atoms. The average Bonchev–Trinajstić information content (AvgIpc) is 2.27. The van der Waals surface area contributed by atoms with E-state index >= 15 is 0 Å². The quantitative estimate of drug-likeness (QED) is 0.690. The maximum atomic E-state index is 13.6. The molecule has 2 atom stereocenters. The molecule has 1 heterocycles. The number of carbonyl (C=O) groups is 1. The number of ether oxygens (including phenoxy) is 1. The maximum Gasteiger partial charge on any atom is 0.405 e. The summed E-state index contributed by atoms with van der Waals surface area (Å²) in [6.45, 7) is -0.191. The fourth-order valence-corrected chi connectivity index (χ4v) is 1.73. The molecule has 3 N–H and O–H groups in total. The minimum atomic E-state index is -1.44. The van der Waals surface area contributed by atoms with Gasteiger partial charge in [-0.25, -0.2) is 13.6 Å². The number of hydrogen-bond donors (Lipinski definition) is 3. The molecule has 1 aromatic carbocycles. The van der Waals surface area contributed by atoms with E-state index in [0.717, 1.165) is 6.07 Å². The Morgan fingerprint density at radius 1 is 1.47 bits per heavy atom. The molecular formula is C10H9F2NO4. The van der Waals surface area contributed by atoms with Crippen molar-refractivity contribution in [2.75, 3.05) is 6.61 Å². The van der Waals surface area contributed by atoms with Crippen LogP contribution in [0.1, 0.15) is 11.6 Å². The average molecular weight is 245 g/mol. The first-order valence-corrected chi connectivity index (χ1v) is 4.79. The molecule has 2 rings (SSSR count). The van der Waals surface area contributed by atoms with E-state index in [-0.39, 0.29) is 17.9 Å². The molecule has 1 aliphatic heterocycles. The van der Waals surface area contributed by atoms with Gasteiger partial charge in [-0.2, -0.15) is 0 Å². The van der Waals surface area contributed by atoms with Crippen molar-refractivity contribution < 1.29 is 28.5 Å². The summed E-state index contributed by atoms with van der Waals surface area (Å²) >= 11 is 0. The molecule has 92 valence electrons. The number of carboxylic acid groups (broad SMARTS) is 1. The Morgan fingerprint density at radius 2 is 2.18 bits per heavy atom. The van der Waals surface area contributed by atoms with Gasteiger partial charge in [0.1, 0.15) is 18.5 Å². The molecule has 17 heavy (non-hydrogen) atoms. The third-order valence-corrected chi connectivity index (χ3v) is 2.48. The lowest BCUT2D eigenvalue weighted by Crippen LogP contribution is -2.42. The van der Waals surface area contributed by atoms with Gasteiger partial charge in [0.2, 0.25) is 0 Å². The number of halogens is 2. The Hall–Kier alpha value is -1.89. The molecule has 0 spiro atoms. The van der Waals surface area contributed by atoms with Gasteiger partial charge < -0.3 is 20.3 Å². The number of fused-ring (bicyclic) bond motifs is 1. The Labute approximate surface area is 94.6 Å². The van der Waals surface area contributed by atoms with Crippen LogP contribution < -0.4 is 10.1 Å². The SMILES string of the molecule is O=C(O)N[C@@H]1c2c(ccc(F)c2F)OC[C@@H]1O. The van der Waals surface area contributed by atoms with E-state index in [0.29, 0.717) is 0 Å². The highest BCUT2D eigenvalue weighted by Gasteiger charge is 2.34. The Kier molecular flexibility index (Phi) is 2.84. The van der Waals surface area contributed by atoms with Gasteiger partial charge >= 0.3 is 6.09 Å². The van der Waals surface area contributed by atoms with Crippen molar-refractivity contribution >= 4 is 6.09 Å². The van der Waals surface area contributed by atoms with Gasteiger partial charge in [-0.3, -0.25) is 0 Å². The van der Waals surface area contributed by atoms with E-state index in [9.17, 15) is 18.7 Å². The molecule has 7 heteroatoms. The van der Waals surface area contributed by atoms with Crippen LogP contribution in [0, 0.1) is 11.6 Å². The van der Waals surface area contributed by atoms with Crippen molar-refractivity contribution in [1.82, 2.24) is 5.32 Å². The zero-order valence-corrected chi connectivity index (χ0v) is 8.48.